The number of methoxy groups -OCH3 is 2. The van der Waals surface area contributed by atoms with Crippen molar-refractivity contribution in [2.75, 3.05) is 14.2 Å². The van der Waals surface area contributed by atoms with E-state index in [2.05, 4.69) is 4.98 Å². The first-order chi connectivity index (χ1) is 17.2. The Kier molecular flexibility index (Phi) is 6.84. The number of pyridine rings is 1. The molecule has 0 saturated carbocycles. The van der Waals surface area contributed by atoms with Gasteiger partial charge in [0.25, 0.3) is 11.7 Å². The van der Waals surface area contributed by atoms with Crippen molar-refractivity contribution in [2.24, 2.45) is 0 Å². The van der Waals surface area contributed by atoms with Gasteiger partial charge in [0, 0.05) is 30.1 Å². The van der Waals surface area contributed by atoms with Crippen molar-refractivity contribution in [3.63, 3.8) is 0 Å². The minimum Gasteiger partial charge on any atom is -0.507 e. The lowest BCUT2D eigenvalue weighted by Crippen LogP contribution is -2.29. The van der Waals surface area contributed by atoms with Gasteiger partial charge in [0.15, 0.2) is 0 Å². The van der Waals surface area contributed by atoms with Gasteiger partial charge in [0.05, 0.1) is 25.8 Å². The van der Waals surface area contributed by atoms with E-state index in [-0.39, 0.29) is 23.3 Å². The van der Waals surface area contributed by atoms with Crippen LogP contribution in [0.2, 0.25) is 0 Å². The minimum absolute atomic E-state index is 0.0408. The maximum Gasteiger partial charge on any atom is 0.295 e. The fourth-order valence-corrected chi connectivity index (χ4v) is 4.46. The number of carbonyl (C=O) groups is 2. The molecular formula is C29H30N2O5. The summed E-state index contributed by atoms with van der Waals surface area (Å²) in [6.45, 7) is 6.29. The number of Topliss-reactive ketones (excluding diaryl/α,β-unsaturated/α-hetero) is 1. The molecule has 1 atom stereocenters. The van der Waals surface area contributed by atoms with Crippen LogP contribution >= 0.6 is 0 Å². The molecule has 1 unspecified atom stereocenters. The van der Waals surface area contributed by atoms with Crippen molar-refractivity contribution in [3.05, 3.63) is 94.8 Å². The molecular weight excluding hydrogens is 456 g/mol. The Bertz CT molecular complexity index is 1310. The van der Waals surface area contributed by atoms with E-state index < -0.39 is 17.7 Å². The number of ether oxygens (including phenoxy) is 2. The van der Waals surface area contributed by atoms with Crippen LogP contribution in [0.5, 0.6) is 11.5 Å². The Morgan fingerprint density at radius 2 is 1.75 bits per heavy atom. The molecule has 4 rings (SSSR count). The van der Waals surface area contributed by atoms with Gasteiger partial charge in [-0.05, 0) is 52.9 Å². The number of amides is 1. The third-order valence-corrected chi connectivity index (χ3v) is 6.33. The zero-order chi connectivity index (χ0) is 26.0. The summed E-state index contributed by atoms with van der Waals surface area (Å²) < 4.78 is 10.8. The summed E-state index contributed by atoms with van der Waals surface area (Å²) in [5.41, 5.74) is 2.54. The van der Waals surface area contributed by atoms with Crippen LogP contribution < -0.4 is 9.47 Å². The van der Waals surface area contributed by atoms with Crippen LogP contribution in [0.3, 0.4) is 0 Å². The van der Waals surface area contributed by atoms with Crippen LogP contribution in [0.1, 0.15) is 49.1 Å². The van der Waals surface area contributed by atoms with Gasteiger partial charge < -0.3 is 19.5 Å². The SMILES string of the molecule is COc1ccc(C2/C(=C(/O)c3ccc(OC)c(C(C)(C)C)c3)C(=O)C(=O)N2Cc2cccnc2)cc1. The molecule has 1 aliphatic rings. The van der Waals surface area contributed by atoms with Gasteiger partial charge in [-0.2, -0.15) is 0 Å². The van der Waals surface area contributed by atoms with Crippen molar-refractivity contribution in [1.82, 2.24) is 9.88 Å². The number of likely N-dealkylation sites (tertiary alicyclic amines) is 1. The van der Waals surface area contributed by atoms with E-state index in [0.717, 1.165) is 11.1 Å². The van der Waals surface area contributed by atoms with E-state index in [1.54, 1.807) is 69.1 Å². The highest BCUT2D eigenvalue weighted by atomic mass is 16.5. The number of aliphatic hydroxyl groups excluding tert-OH is 1. The number of aromatic nitrogens is 1. The molecule has 1 saturated heterocycles. The number of carbonyl (C=O) groups excluding carboxylic acids is 2. The average molecular weight is 487 g/mol. The molecule has 3 aromatic rings. The maximum atomic E-state index is 13.4. The standard InChI is InChI=1S/C29H30N2O5/c1-29(2,3)22-15-20(10-13-23(22)36-5)26(32)24-25(19-8-11-21(35-4)12-9-19)31(28(34)27(24)33)17-18-7-6-14-30-16-18/h6-16,25,32H,17H2,1-5H3/b26-24-. The first-order valence-electron chi connectivity index (χ1n) is 11.7. The summed E-state index contributed by atoms with van der Waals surface area (Å²) >= 11 is 0. The molecule has 1 aromatic heterocycles. The fraction of sp³-hybridized carbons (Fsp3) is 0.276. The van der Waals surface area contributed by atoms with E-state index in [1.165, 1.54) is 4.90 Å². The van der Waals surface area contributed by atoms with Crippen molar-refractivity contribution >= 4 is 17.4 Å². The van der Waals surface area contributed by atoms with Gasteiger partial charge in [0.2, 0.25) is 0 Å². The third-order valence-electron chi connectivity index (χ3n) is 6.33. The third kappa shape index (κ3) is 4.69. The molecule has 0 bridgehead atoms. The zero-order valence-electron chi connectivity index (χ0n) is 21.1. The first kappa shape index (κ1) is 25.0. The van der Waals surface area contributed by atoms with Crippen molar-refractivity contribution < 1.29 is 24.2 Å². The second-order valence-electron chi connectivity index (χ2n) is 9.73. The van der Waals surface area contributed by atoms with Gasteiger partial charge in [-0.3, -0.25) is 14.6 Å². The van der Waals surface area contributed by atoms with E-state index >= 15 is 0 Å². The Hall–Kier alpha value is -4.13. The predicted octanol–water partition coefficient (Wildman–Crippen LogP) is 5.02. The molecule has 0 spiro atoms. The molecule has 2 aromatic carbocycles. The zero-order valence-corrected chi connectivity index (χ0v) is 21.1. The minimum atomic E-state index is -0.781. The molecule has 1 amide bonds. The number of benzene rings is 2. The van der Waals surface area contributed by atoms with Gasteiger partial charge in [-0.15, -0.1) is 0 Å². The summed E-state index contributed by atoms with van der Waals surface area (Å²) in [4.78, 5) is 32.2. The smallest absolute Gasteiger partial charge is 0.295 e. The Morgan fingerprint density at radius 1 is 1.03 bits per heavy atom. The number of nitrogens with zero attached hydrogens (tertiary/aromatic N) is 2. The lowest BCUT2D eigenvalue weighted by atomic mass is 9.84. The molecule has 36 heavy (non-hydrogen) atoms. The van der Waals surface area contributed by atoms with Gasteiger partial charge >= 0.3 is 0 Å². The van der Waals surface area contributed by atoms with Gasteiger partial charge in [0.1, 0.15) is 17.3 Å². The highest BCUT2D eigenvalue weighted by Gasteiger charge is 2.46. The molecule has 2 heterocycles. The van der Waals surface area contributed by atoms with Crippen LogP contribution in [-0.4, -0.2) is 40.9 Å². The summed E-state index contributed by atoms with van der Waals surface area (Å²) in [5.74, 6) is -0.303. The molecule has 1 fully saturated rings. The maximum absolute atomic E-state index is 13.4. The second-order valence-corrected chi connectivity index (χ2v) is 9.73. The topological polar surface area (TPSA) is 89.0 Å². The van der Waals surface area contributed by atoms with Crippen molar-refractivity contribution in [1.29, 1.82) is 0 Å². The van der Waals surface area contributed by atoms with Crippen molar-refractivity contribution in [2.45, 2.75) is 38.8 Å². The fourth-order valence-electron chi connectivity index (χ4n) is 4.46. The second kappa shape index (κ2) is 9.85. The quantitative estimate of drug-likeness (QED) is 0.299. The molecule has 7 nitrogen and oxygen atoms in total. The highest BCUT2D eigenvalue weighted by molar-refractivity contribution is 6.46. The van der Waals surface area contributed by atoms with E-state index in [4.69, 9.17) is 9.47 Å². The molecule has 0 radical (unpaired) electrons. The Morgan fingerprint density at radius 3 is 2.33 bits per heavy atom. The van der Waals surface area contributed by atoms with Crippen LogP contribution in [0.4, 0.5) is 0 Å². The van der Waals surface area contributed by atoms with Crippen molar-refractivity contribution in [3.8, 4) is 11.5 Å². The summed E-state index contributed by atoms with van der Waals surface area (Å²) in [5, 5.41) is 11.5. The number of hydrogen-bond acceptors (Lipinski definition) is 6. The van der Waals surface area contributed by atoms with E-state index in [9.17, 15) is 14.7 Å². The van der Waals surface area contributed by atoms with Crippen LogP contribution in [-0.2, 0) is 21.5 Å². The lowest BCUT2D eigenvalue weighted by Gasteiger charge is -2.26. The molecule has 186 valence electrons. The first-order valence-corrected chi connectivity index (χ1v) is 11.7. The average Bonchev–Trinajstić information content (AvgIpc) is 3.13. The van der Waals surface area contributed by atoms with E-state index in [0.29, 0.717) is 22.6 Å². The normalized spacial score (nSPS) is 17.4. The molecule has 1 aliphatic heterocycles. The summed E-state index contributed by atoms with van der Waals surface area (Å²) in [7, 11) is 3.16. The monoisotopic (exact) mass is 486 g/mol. The number of rotatable bonds is 6. The van der Waals surface area contributed by atoms with Gasteiger partial charge in [-0.1, -0.05) is 39.0 Å². The number of ketones is 1. The van der Waals surface area contributed by atoms with E-state index in [1.807, 2.05) is 32.9 Å². The van der Waals surface area contributed by atoms with Crippen LogP contribution in [0.15, 0.2) is 72.6 Å². The number of hydrogen-bond donors (Lipinski definition) is 1. The number of aliphatic hydroxyl groups is 1. The van der Waals surface area contributed by atoms with Crippen LogP contribution in [0, 0.1) is 0 Å². The summed E-state index contributed by atoms with van der Waals surface area (Å²) in [6, 6.07) is 15.3. The van der Waals surface area contributed by atoms with Crippen LogP contribution in [0.25, 0.3) is 5.76 Å². The lowest BCUT2D eigenvalue weighted by molar-refractivity contribution is -0.140. The predicted molar refractivity (Wildman–Crippen MR) is 137 cm³/mol. The Balaban J connectivity index is 1.89. The molecule has 0 aliphatic carbocycles. The largest absolute Gasteiger partial charge is 0.507 e. The molecule has 1 N–H and O–H groups in total. The highest BCUT2D eigenvalue weighted by Crippen LogP contribution is 2.42. The molecule has 7 heteroatoms. The summed E-state index contributed by atoms with van der Waals surface area (Å²) in [6.07, 6.45) is 3.30. The van der Waals surface area contributed by atoms with Gasteiger partial charge in [-0.25, -0.2) is 0 Å². The Labute approximate surface area is 211 Å².